The van der Waals surface area contributed by atoms with E-state index in [9.17, 15) is 18.0 Å². The molecule has 4 aromatic rings. The van der Waals surface area contributed by atoms with Gasteiger partial charge in [0.05, 0.1) is 40.4 Å². The van der Waals surface area contributed by atoms with E-state index in [2.05, 4.69) is 15.2 Å². The van der Waals surface area contributed by atoms with Gasteiger partial charge in [-0.05, 0) is 31.5 Å². The predicted octanol–water partition coefficient (Wildman–Crippen LogP) is 3.89. The molecule has 0 spiro atoms. The maximum absolute atomic E-state index is 13.3. The van der Waals surface area contributed by atoms with Crippen molar-refractivity contribution >= 4 is 16.8 Å². The lowest BCUT2D eigenvalue weighted by atomic mass is 10.0. The minimum absolute atomic E-state index is 0.136. The average molecular weight is 454 g/mol. The number of para-hydroxylation sites is 1. The molecule has 0 atom stereocenters. The first kappa shape index (κ1) is 21.2. The molecule has 1 aromatic carbocycles. The van der Waals surface area contributed by atoms with Crippen LogP contribution in [0.3, 0.4) is 0 Å². The number of hydrogen-bond acceptors (Lipinski definition) is 4. The Kier molecular flexibility index (Phi) is 4.77. The van der Waals surface area contributed by atoms with Crippen LogP contribution in [0.4, 0.5) is 13.2 Å². The minimum atomic E-state index is -4.52. The summed E-state index contributed by atoms with van der Waals surface area (Å²) in [5, 5.41) is 9.04. The van der Waals surface area contributed by atoms with Gasteiger partial charge in [0.15, 0.2) is 5.69 Å². The van der Waals surface area contributed by atoms with Gasteiger partial charge in [0.1, 0.15) is 0 Å². The third-order valence-electron chi connectivity index (χ3n) is 6.05. The standard InChI is InChI=1S/C23H21F3N6O/c1-13-16(10-14-6-4-5-7-17(14)27-13)22(33)32-9-8-15-18(12-32)28-31(3)21(15)19-11-20(23(24,25)26)29-30(19)2/h4-7,10-11H,8-9,12H2,1-3H3. The molecule has 0 saturated heterocycles. The van der Waals surface area contributed by atoms with E-state index in [1.54, 1.807) is 16.6 Å². The molecular weight excluding hydrogens is 433 g/mol. The van der Waals surface area contributed by atoms with Crippen molar-refractivity contribution in [3.8, 4) is 11.4 Å². The number of fused-ring (bicyclic) bond motifs is 2. The van der Waals surface area contributed by atoms with E-state index in [-0.39, 0.29) is 12.5 Å². The van der Waals surface area contributed by atoms with Gasteiger partial charge < -0.3 is 4.90 Å². The topological polar surface area (TPSA) is 68.8 Å². The SMILES string of the molecule is Cc1nc2ccccc2cc1C(=O)N1CCc2c(nn(C)c2-c2cc(C(F)(F)F)nn2C)C1. The van der Waals surface area contributed by atoms with Crippen molar-refractivity contribution in [2.75, 3.05) is 6.54 Å². The number of alkyl halides is 3. The summed E-state index contributed by atoms with van der Waals surface area (Å²) in [6.07, 6.45) is -4.04. The van der Waals surface area contributed by atoms with E-state index < -0.39 is 11.9 Å². The third-order valence-corrected chi connectivity index (χ3v) is 6.05. The smallest absolute Gasteiger partial charge is 0.332 e. The molecule has 7 nitrogen and oxygen atoms in total. The zero-order valence-corrected chi connectivity index (χ0v) is 18.3. The number of amides is 1. The van der Waals surface area contributed by atoms with Crippen molar-refractivity contribution < 1.29 is 18.0 Å². The molecule has 33 heavy (non-hydrogen) atoms. The quantitative estimate of drug-likeness (QED) is 0.461. The summed E-state index contributed by atoms with van der Waals surface area (Å²) < 4.78 is 42.2. The molecule has 0 aliphatic carbocycles. The van der Waals surface area contributed by atoms with Gasteiger partial charge in [-0.2, -0.15) is 23.4 Å². The Labute approximate surface area is 187 Å². The van der Waals surface area contributed by atoms with Crippen LogP contribution in [0.15, 0.2) is 36.4 Å². The lowest BCUT2D eigenvalue weighted by molar-refractivity contribution is -0.141. The zero-order chi connectivity index (χ0) is 23.5. The second-order valence-corrected chi connectivity index (χ2v) is 8.22. The summed E-state index contributed by atoms with van der Waals surface area (Å²) in [5.74, 6) is -0.136. The van der Waals surface area contributed by atoms with Crippen molar-refractivity contribution in [1.82, 2.24) is 29.4 Å². The highest BCUT2D eigenvalue weighted by Crippen LogP contribution is 2.35. The fraction of sp³-hybridized carbons (Fsp3) is 0.304. The highest BCUT2D eigenvalue weighted by molar-refractivity contribution is 5.98. The molecule has 3 aromatic heterocycles. The molecule has 1 aliphatic rings. The van der Waals surface area contributed by atoms with E-state index in [0.29, 0.717) is 41.3 Å². The Balaban J connectivity index is 1.47. The van der Waals surface area contributed by atoms with Gasteiger partial charge in [-0.25, -0.2) is 0 Å². The summed E-state index contributed by atoms with van der Waals surface area (Å²) in [6.45, 7) is 2.52. The first-order chi connectivity index (χ1) is 15.6. The summed E-state index contributed by atoms with van der Waals surface area (Å²) in [4.78, 5) is 19.6. The molecule has 4 heterocycles. The van der Waals surface area contributed by atoms with Crippen molar-refractivity contribution in [2.45, 2.75) is 26.1 Å². The largest absolute Gasteiger partial charge is 0.435 e. The number of carbonyl (C=O) groups is 1. The molecule has 0 fully saturated rings. The van der Waals surface area contributed by atoms with Crippen LogP contribution >= 0.6 is 0 Å². The molecule has 5 rings (SSSR count). The monoisotopic (exact) mass is 454 g/mol. The summed E-state index contributed by atoms with van der Waals surface area (Å²) in [7, 11) is 3.18. The summed E-state index contributed by atoms with van der Waals surface area (Å²) in [6, 6.07) is 10.5. The van der Waals surface area contributed by atoms with Crippen molar-refractivity contribution in [2.24, 2.45) is 14.1 Å². The van der Waals surface area contributed by atoms with Crippen LogP contribution in [0.1, 0.15) is 33.0 Å². The van der Waals surface area contributed by atoms with Crippen molar-refractivity contribution in [1.29, 1.82) is 0 Å². The molecule has 10 heteroatoms. The molecular formula is C23H21F3N6O. The number of pyridine rings is 1. The number of nitrogens with zero attached hydrogens (tertiary/aromatic N) is 6. The van der Waals surface area contributed by atoms with E-state index >= 15 is 0 Å². The molecule has 170 valence electrons. The van der Waals surface area contributed by atoms with Crippen LogP contribution in [0.5, 0.6) is 0 Å². The van der Waals surface area contributed by atoms with Crippen molar-refractivity contribution in [3.63, 3.8) is 0 Å². The van der Waals surface area contributed by atoms with E-state index in [1.165, 1.54) is 11.7 Å². The van der Waals surface area contributed by atoms with Crippen LogP contribution in [-0.2, 0) is 33.2 Å². The molecule has 0 unspecified atom stereocenters. The lowest BCUT2D eigenvalue weighted by Crippen LogP contribution is -2.36. The van der Waals surface area contributed by atoms with E-state index in [1.807, 2.05) is 37.3 Å². The second-order valence-electron chi connectivity index (χ2n) is 8.22. The Morgan fingerprint density at radius 1 is 1.06 bits per heavy atom. The van der Waals surface area contributed by atoms with Crippen LogP contribution in [0.2, 0.25) is 0 Å². The molecule has 1 amide bonds. The van der Waals surface area contributed by atoms with Crippen LogP contribution in [0, 0.1) is 6.92 Å². The predicted molar refractivity (Wildman–Crippen MR) is 115 cm³/mol. The first-order valence-corrected chi connectivity index (χ1v) is 10.5. The summed E-state index contributed by atoms with van der Waals surface area (Å²) in [5.41, 5.74) is 3.52. The molecule has 0 saturated carbocycles. The number of halogens is 3. The van der Waals surface area contributed by atoms with Gasteiger partial charge in [0.25, 0.3) is 5.91 Å². The Morgan fingerprint density at radius 2 is 1.82 bits per heavy atom. The van der Waals surface area contributed by atoms with Gasteiger partial charge in [-0.3, -0.25) is 19.1 Å². The summed E-state index contributed by atoms with van der Waals surface area (Å²) >= 11 is 0. The minimum Gasteiger partial charge on any atom is -0.332 e. The number of rotatable bonds is 2. The molecule has 0 radical (unpaired) electrons. The first-order valence-electron chi connectivity index (χ1n) is 10.5. The molecule has 0 bridgehead atoms. The Morgan fingerprint density at radius 3 is 2.55 bits per heavy atom. The van der Waals surface area contributed by atoms with Gasteiger partial charge in [-0.1, -0.05) is 18.2 Å². The highest BCUT2D eigenvalue weighted by Gasteiger charge is 2.36. The van der Waals surface area contributed by atoms with Crippen LogP contribution in [-0.4, -0.2) is 41.9 Å². The number of aromatic nitrogens is 5. The maximum atomic E-state index is 13.3. The van der Waals surface area contributed by atoms with Crippen molar-refractivity contribution in [3.05, 3.63) is 64.6 Å². The molecule has 0 N–H and O–H groups in total. The van der Waals surface area contributed by atoms with Crippen LogP contribution in [0.25, 0.3) is 22.3 Å². The average Bonchev–Trinajstić information content (AvgIpc) is 3.30. The number of aryl methyl sites for hydroxylation is 3. The zero-order valence-electron chi connectivity index (χ0n) is 18.3. The van der Waals surface area contributed by atoms with Crippen LogP contribution < -0.4 is 0 Å². The van der Waals surface area contributed by atoms with Gasteiger partial charge >= 0.3 is 6.18 Å². The second kappa shape index (κ2) is 7.43. The van der Waals surface area contributed by atoms with E-state index in [4.69, 9.17) is 0 Å². The van der Waals surface area contributed by atoms with E-state index in [0.717, 1.165) is 22.5 Å². The fourth-order valence-corrected chi connectivity index (χ4v) is 4.44. The fourth-order valence-electron chi connectivity index (χ4n) is 4.44. The Bertz CT molecular complexity index is 1400. The van der Waals surface area contributed by atoms with Gasteiger partial charge in [-0.15, -0.1) is 0 Å². The lowest BCUT2D eigenvalue weighted by Gasteiger charge is -2.27. The number of benzene rings is 1. The third kappa shape index (κ3) is 3.55. The number of hydrogen-bond donors (Lipinski definition) is 0. The normalized spacial score (nSPS) is 14.1. The Hall–Kier alpha value is -3.69. The maximum Gasteiger partial charge on any atom is 0.435 e. The van der Waals surface area contributed by atoms with Gasteiger partial charge in [0.2, 0.25) is 0 Å². The molecule has 1 aliphatic heterocycles. The van der Waals surface area contributed by atoms with Gasteiger partial charge in [0, 0.05) is 31.6 Å². The number of carbonyl (C=O) groups excluding carboxylic acids is 1. The highest BCUT2D eigenvalue weighted by atomic mass is 19.4.